The van der Waals surface area contributed by atoms with Crippen LogP contribution >= 0.6 is 0 Å². The van der Waals surface area contributed by atoms with Crippen molar-refractivity contribution in [1.82, 2.24) is 4.31 Å². The van der Waals surface area contributed by atoms with Crippen LogP contribution in [0.3, 0.4) is 0 Å². The van der Waals surface area contributed by atoms with Crippen LogP contribution in [0, 0.1) is 22.7 Å². The molecule has 4 rings (SSSR count). The second-order valence-electron chi connectivity index (χ2n) is 9.73. The van der Waals surface area contributed by atoms with Crippen LogP contribution in [-0.4, -0.2) is 36.8 Å². The third-order valence-electron chi connectivity index (χ3n) is 8.04. The molecule has 0 aromatic carbocycles. The number of rotatable bonds is 6. The lowest BCUT2D eigenvalue weighted by Gasteiger charge is -2.40. The Morgan fingerprint density at radius 2 is 1.72 bits per heavy atom. The standard InChI is InChI=1S/C20H33NO3S/c1-19(2)16-10-11-20(19,18(22)12-16)14-25(23,24)21(13-15-8-9-15)17-6-4-3-5-7-17/h15-17H,3-14H2,1-2H3/t16-,20+/m0/s1. The zero-order valence-electron chi connectivity index (χ0n) is 15.8. The second-order valence-corrected chi connectivity index (χ2v) is 11.6. The molecule has 2 bridgehead atoms. The fraction of sp³-hybridized carbons (Fsp3) is 0.950. The van der Waals surface area contributed by atoms with Crippen molar-refractivity contribution in [3.8, 4) is 0 Å². The van der Waals surface area contributed by atoms with Crippen LogP contribution in [0.5, 0.6) is 0 Å². The lowest BCUT2D eigenvalue weighted by molar-refractivity contribution is -0.128. The first kappa shape index (κ1) is 18.0. The van der Waals surface area contributed by atoms with Gasteiger partial charge in [-0.1, -0.05) is 33.1 Å². The largest absolute Gasteiger partial charge is 0.299 e. The molecule has 0 aromatic rings. The van der Waals surface area contributed by atoms with E-state index in [1.54, 1.807) is 0 Å². The van der Waals surface area contributed by atoms with Crippen LogP contribution in [0.25, 0.3) is 0 Å². The molecule has 5 heteroatoms. The minimum atomic E-state index is -3.40. The van der Waals surface area contributed by atoms with Crippen LogP contribution in [0.1, 0.15) is 78.1 Å². The number of hydrogen-bond acceptors (Lipinski definition) is 3. The highest BCUT2D eigenvalue weighted by molar-refractivity contribution is 7.89. The average Bonchev–Trinajstić information content (AvgIpc) is 3.32. The van der Waals surface area contributed by atoms with E-state index in [-0.39, 0.29) is 23.0 Å². The zero-order valence-corrected chi connectivity index (χ0v) is 16.6. The Labute approximate surface area is 152 Å². The Kier molecular flexibility index (Phi) is 4.35. The van der Waals surface area contributed by atoms with Crippen molar-refractivity contribution < 1.29 is 13.2 Å². The molecule has 142 valence electrons. The van der Waals surface area contributed by atoms with Gasteiger partial charge in [-0.15, -0.1) is 0 Å². The van der Waals surface area contributed by atoms with Crippen molar-refractivity contribution >= 4 is 15.8 Å². The van der Waals surface area contributed by atoms with E-state index in [0.717, 1.165) is 51.4 Å². The molecular formula is C20H33NO3S. The molecular weight excluding hydrogens is 334 g/mol. The molecule has 0 amide bonds. The first-order chi connectivity index (χ1) is 11.8. The van der Waals surface area contributed by atoms with E-state index in [1.165, 1.54) is 6.42 Å². The smallest absolute Gasteiger partial charge is 0.215 e. The number of sulfonamides is 1. The quantitative estimate of drug-likeness (QED) is 0.718. The Bertz CT molecular complexity index is 646. The van der Waals surface area contributed by atoms with E-state index >= 15 is 0 Å². The highest BCUT2D eigenvalue weighted by Crippen LogP contribution is 2.64. The predicted octanol–water partition coefficient (Wildman–Crippen LogP) is 3.76. The van der Waals surface area contributed by atoms with E-state index in [4.69, 9.17) is 0 Å². The maximum Gasteiger partial charge on any atom is 0.215 e. The topological polar surface area (TPSA) is 54.5 Å². The summed E-state index contributed by atoms with van der Waals surface area (Å²) in [6.45, 7) is 4.97. The number of Topliss-reactive ketones (excluding diaryl/α,β-unsaturated/α-hetero) is 1. The SMILES string of the molecule is CC1(C)[C@H]2CC[C@@]1(CS(=O)(=O)N(CC1CC1)C1CCCCC1)C(=O)C2. The molecule has 0 heterocycles. The molecule has 4 saturated carbocycles. The zero-order chi connectivity index (χ0) is 17.9. The minimum absolute atomic E-state index is 0.0611. The summed E-state index contributed by atoms with van der Waals surface area (Å²) in [5.41, 5.74) is -0.804. The van der Waals surface area contributed by atoms with Gasteiger partial charge in [0, 0.05) is 24.4 Å². The van der Waals surface area contributed by atoms with Crippen LogP contribution in [0.15, 0.2) is 0 Å². The van der Waals surface area contributed by atoms with Gasteiger partial charge in [0.15, 0.2) is 0 Å². The molecule has 0 unspecified atom stereocenters. The maximum absolute atomic E-state index is 13.5. The molecule has 0 spiro atoms. The monoisotopic (exact) mass is 367 g/mol. The van der Waals surface area contributed by atoms with E-state index in [9.17, 15) is 13.2 Å². The third kappa shape index (κ3) is 2.90. The van der Waals surface area contributed by atoms with Crippen LogP contribution in [0.2, 0.25) is 0 Å². The molecule has 25 heavy (non-hydrogen) atoms. The fourth-order valence-corrected chi connectivity index (χ4v) is 8.49. The summed E-state index contributed by atoms with van der Waals surface area (Å²) < 4.78 is 28.9. The van der Waals surface area contributed by atoms with Crippen molar-refractivity contribution in [3.63, 3.8) is 0 Å². The highest BCUT2D eigenvalue weighted by atomic mass is 32.2. The average molecular weight is 368 g/mol. The molecule has 0 radical (unpaired) electrons. The van der Waals surface area contributed by atoms with Crippen LogP contribution in [-0.2, 0) is 14.8 Å². The Morgan fingerprint density at radius 3 is 2.24 bits per heavy atom. The van der Waals surface area contributed by atoms with Gasteiger partial charge in [-0.3, -0.25) is 4.79 Å². The van der Waals surface area contributed by atoms with Crippen molar-refractivity contribution in [2.24, 2.45) is 22.7 Å². The van der Waals surface area contributed by atoms with Gasteiger partial charge in [0.25, 0.3) is 0 Å². The van der Waals surface area contributed by atoms with Crippen molar-refractivity contribution in [3.05, 3.63) is 0 Å². The van der Waals surface area contributed by atoms with Crippen molar-refractivity contribution in [2.75, 3.05) is 12.3 Å². The summed E-state index contributed by atoms with van der Waals surface area (Å²) in [6.07, 6.45) is 10.2. The van der Waals surface area contributed by atoms with Gasteiger partial charge in [0.05, 0.1) is 5.75 Å². The molecule has 4 aliphatic rings. The third-order valence-corrected chi connectivity index (χ3v) is 10.1. The number of carbonyl (C=O) groups excluding carboxylic acids is 1. The molecule has 2 atom stereocenters. The summed E-state index contributed by atoms with van der Waals surface area (Å²) in [7, 11) is -3.40. The first-order valence-corrected chi connectivity index (χ1v) is 11.9. The minimum Gasteiger partial charge on any atom is -0.299 e. The Hall–Kier alpha value is -0.420. The lowest BCUT2D eigenvalue weighted by atomic mass is 9.70. The molecule has 0 saturated heterocycles. The van der Waals surface area contributed by atoms with Gasteiger partial charge >= 0.3 is 0 Å². The highest BCUT2D eigenvalue weighted by Gasteiger charge is 2.65. The van der Waals surface area contributed by atoms with Crippen molar-refractivity contribution in [1.29, 1.82) is 0 Å². The summed E-state index contributed by atoms with van der Waals surface area (Å²) in [6, 6.07) is 0.174. The predicted molar refractivity (Wildman–Crippen MR) is 98.7 cm³/mol. The second kappa shape index (κ2) is 6.05. The number of ketones is 1. The number of carbonyl (C=O) groups is 1. The van der Waals surface area contributed by atoms with E-state index in [0.29, 0.717) is 24.8 Å². The van der Waals surface area contributed by atoms with Gasteiger partial charge in [-0.25, -0.2) is 8.42 Å². The Balaban J connectivity index is 1.61. The summed E-state index contributed by atoms with van der Waals surface area (Å²) in [5, 5.41) is 0. The maximum atomic E-state index is 13.5. The molecule has 4 fully saturated rings. The van der Waals surface area contributed by atoms with Gasteiger partial charge in [-0.2, -0.15) is 4.31 Å². The van der Waals surface area contributed by atoms with Crippen molar-refractivity contribution in [2.45, 2.75) is 84.1 Å². The number of fused-ring (bicyclic) bond motifs is 2. The van der Waals surface area contributed by atoms with Crippen LogP contribution < -0.4 is 0 Å². The molecule has 4 nitrogen and oxygen atoms in total. The van der Waals surface area contributed by atoms with Gasteiger partial charge in [0.2, 0.25) is 10.0 Å². The molecule has 0 aromatic heterocycles. The summed E-state index contributed by atoms with van der Waals surface area (Å²) >= 11 is 0. The number of nitrogens with zero attached hydrogens (tertiary/aromatic N) is 1. The van der Waals surface area contributed by atoms with E-state index in [2.05, 4.69) is 13.8 Å². The molecule has 4 aliphatic carbocycles. The Morgan fingerprint density at radius 1 is 1.04 bits per heavy atom. The fourth-order valence-electron chi connectivity index (χ4n) is 5.92. The van der Waals surface area contributed by atoms with Gasteiger partial charge in [0.1, 0.15) is 5.78 Å². The van der Waals surface area contributed by atoms with Gasteiger partial charge in [-0.05, 0) is 55.8 Å². The molecule has 0 N–H and O–H groups in total. The molecule has 0 aliphatic heterocycles. The van der Waals surface area contributed by atoms with Gasteiger partial charge < -0.3 is 0 Å². The van der Waals surface area contributed by atoms with Crippen LogP contribution in [0.4, 0.5) is 0 Å². The normalized spacial score (nSPS) is 35.6. The lowest BCUT2D eigenvalue weighted by Crippen LogP contribution is -2.50. The first-order valence-electron chi connectivity index (χ1n) is 10.3. The summed E-state index contributed by atoms with van der Waals surface area (Å²) in [5.74, 6) is 1.21. The van der Waals surface area contributed by atoms with E-state index in [1.807, 2.05) is 4.31 Å². The van der Waals surface area contributed by atoms with E-state index < -0.39 is 15.4 Å². The number of hydrogen-bond donors (Lipinski definition) is 0. The summed E-state index contributed by atoms with van der Waals surface area (Å²) in [4.78, 5) is 12.8.